The normalized spacial score (nSPS) is 12.2. The molecule has 4 nitrogen and oxygen atoms in total. The van der Waals surface area contributed by atoms with Crippen LogP contribution in [-0.4, -0.2) is 11.7 Å². The number of nitrogens with zero attached hydrogens (tertiary/aromatic N) is 1. The summed E-state index contributed by atoms with van der Waals surface area (Å²) in [7, 11) is 1.59. The summed E-state index contributed by atoms with van der Waals surface area (Å²) in [6.07, 6.45) is 0.819. The number of pyridine rings is 1. The molecule has 5 heteroatoms. The molecule has 0 aliphatic rings. The van der Waals surface area contributed by atoms with E-state index < -0.39 is 0 Å². The van der Waals surface area contributed by atoms with Gasteiger partial charge in [0, 0.05) is 16.6 Å². The number of benzene rings is 1. The Labute approximate surface area is 129 Å². The molecule has 1 atom stereocenters. The van der Waals surface area contributed by atoms with Crippen LogP contribution in [0.15, 0.2) is 35.1 Å². The van der Waals surface area contributed by atoms with Crippen LogP contribution in [0.3, 0.4) is 0 Å². The Hall–Kier alpha value is -1.94. The zero-order valence-corrected chi connectivity index (χ0v) is 13.1. The summed E-state index contributed by atoms with van der Waals surface area (Å²) < 4.78 is 7.09. The summed E-state index contributed by atoms with van der Waals surface area (Å²) in [4.78, 5) is 12.4. The zero-order valence-electron chi connectivity index (χ0n) is 12.4. The van der Waals surface area contributed by atoms with E-state index in [9.17, 15) is 4.79 Å². The maximum Gasteiger partial charge on any atom is 0.274 e. The summed E-state index contributed by atoms with van der Waals surface area (Å²) in [5, 5.41) is 0.589. The van der Waals surface area contributed by atoms with Gasteiger partial charge in [0.2, 0.25) is 0 Å². The smallest absolute Gasteiger partial charge is 0.274 e. The van der Waals surface area contributed by atoms with Crippen molar-refractivity contribution in [1.29, 1.82) is 0 Å². The molecule has 2 N–H and O–H groups in total. The van der Waals surface area contributed by atoms with E-state index in [-0.39, 0.29) is 17.3 Å². The number of nitrogens with two attached hydrogens (primary N) is 1. The predicted octanol–water partition coefficient (Wildman–Crippen LogP) is 3.73. The molecular weight excluding hydrogens is 288 g/mol. The Balaban J connectivity index is 2.78. The first kappa shape index (κ1) is 15.4. The standard InChI is InChI=1S/C16H19ClN2O2/c1-4-10(2)19-14(7-6-13(18)16(19)20)12-9-11(17)5-8-15(12)21-3/h5-10H,4,18H2,1-3H3. The van der Waals surface area contributed by atoms with Crippen molar-refractivity contribution in [2.45, 2.75) is 26.3 Å². The van der Waals surface area contributed by atoms with Gasteiger partial charge in [-0.05, 0) is 43.7 Å². The Bertz CT molecular complexity index is 710. The third-order valence-electron chi connectivity index (χ3n) is 3.62. The summed E-state index contributed by atoms with van der Waals surface area (Å²) in [5.74, 6) is 0.667. The van der Waals surface area contributed by atoms with Crippen molar-refractivity contribution in [3.8, 4) is 17.0 Å². The highest BCUT2D eigenvalue weighted by Gasteiger charge is 2.16. The molecule has 1 aromatic heterocycles. The van der Waals surface area contributed by atoms with Crippen molar-refractivity contribution < 1.29 is 4.74 Å². The Morgan fingerprint density at radius 1 is 1.33 bits per heavy atom. The molecule has 0 bridgehead atoms. The van der Waals surface area contributed by atoms with Gasteiger partial charge in [-0.1, -0.05) is 18.5 Å². The fourth-order valence-corrected chi connectivity index (χ4v) is 2.46. The lowest BCUT2D eigenvalue weighted by molar-refractivity contribution is 0.415. The molecule has 0 spiro atoms. The first-order valence-corrected chi connectivity index (χ1v) is 7.22. The van der Waals surface area contributed by atoms with Gasteiger partial charge in [0.25, 0.3) is 5.56 Å². The van der Waals surface area contributed by atoms with Gasteiger partial charge in [-0.25, -0.2) is 0 Å². The quantitative estimate of drug-likeness (QED) is 0.936. The van der Waals surface area contributed by atoms with E-state index in [0.717, 1.165) is 17.7 Å². The van der Waals surface area contributed by atoms with E-state index in [1.54, 1.807) is 35.9 Å². The second-order valence-corrected chi connectivity index (χ2v) is 5.39. The second-order valence-electron chi connectivity index (χ2n) is 4.95. The van der Waals surface area contributed by atoms with Crippen molar-refractivity contribution in [3.63, 3.8) is 0 Å². The first-order valence-electron chi connectivity index (χ1n) is 6.84. The van der Waals surface area contributed by atoms with Gasteiger partial charge in [-0.2, -0.15) is 0 Å². The van der Waals surface area contributed by atoms with Crippen molar-refractivity contribution in [3.05, 3.63) is 45.7 Å². The molecule has 2 aromatic rings. The monoisotopic (exact) mass is 306 g/mol. The number of ether oxygens (including phenoxy) is 1. The molecule has 2 rings (SSSR count). The fourth-order valence-electron chi connectivity index (χ4n) is 2.29. The summed E-state index contributed by atoms with van der Waals surface area (Å²) in [6.45, 7) is 4.01. The molecule has 0 radical (unpaired) electrons. The molecule has 1 aromatic carbocycles. The van der Waals surface area contributed by atoms with E-state index in [2.05, 4.69) is 0 Å². The topological polar surface area (TPSA) is 57.2 Å². The lowest BCUT2D eigenvalue weighted by atomic mass is 10.1. The number of hydrogen-bond donors (Lipinski definition) is 1. The van der Waals surface area contributed by atoms with Crippen molar-refractivity contribution >= 4 is 17.3 Å². The van der Waals surface area contributed by atoms with Crippen molar-refractivity contribution in [2.24, 2.45) is 0 Å². The summed E-state index contributed by atoms with van der Waals surface area (Å²) >= 11 is 6.09. The second kappa shape index (κ2) is 6.22. The predicted molar refractivity (Wildman–Crippen MR) is 87.1 cm³/mol. The summed E-state index contributed by atoms with van der Waals surface area (Å²) in [6, 6.07) is 8.82. The number of halogens is 1. The van der Waals surface area contributed by atoms with E-state index in [1.807, 2.05) is 19.9 Å². The van der Waals surface area contributed by atoms with E-state index in [0.29, 0.717) is 10.8 Å². The lowest BCUT2D eigenvalue weighted by Crippen LogP contribution is -2.26. The van der Waals surface area contributed by atoms with Crippen LogP contribution in [0, 0.1) is 0 Å². The Kier molecular flexibility index (Phi) is 4.58. The molecule has 21 heavy (non-hydrogen) atoms. The largest absolute Gasteiger partial charge is 0.496 e. The number of nitrogen functional groups attached to an aromatic ring is 1. The van der Waals surface area contributed by atoms with Gasteiger partial charge >= 0.3 is 0 Å². The molecule has 0 saturated carbocycles. The van der Waals surface area contributed by atoms with Gasteiger partial charge in [-0.15, -0.1) is 0 Å². The van der Waals surface area contributed by atoms with Crippen LogP contribution in [0.2, 0.25) is 5.02 Å². The van der Waals surface area contributed by atoms with Gasteiger partial charge in [0.05, 0.1) is 18.5 Å². The number of aromatic nitrogens is 1. The van der Waals surface area contributed by atoms with Gasteiger partial charge in [-0.3, -0.25) is 4.79 Å². The minimum atomic E-state index is -0.191. The lowest BCUT2D eigenvalue weighted by Gasteiger charge is -2.20. The van der Waals surface area contributed by atoms with Crippen LogP contribution in [0.4, 0.5) is 5.69 Å². The molecule has 1 unspecified atom stereocenters. The third-order valence-corrected chi connectivity index (χ3v) is 3.85. The fraction of sp³-hybridized carbons (Fsp3) is 0.312. The molecule has 112 valence electrons. The molecule has 0 fully saturated rings. The van der Waals surface area contributed by atoms with E-state index >= 15 is 0 Å². The van der Waals surface area contributed by atoms with E-state index in [1.165, 1.54) is 0 Å². The van der Waals surface area contributed by atoms with Crippen LogP contribution in [0.25, 0.3) is 11.3 Å². The SMILES string of the molecule is CCC(C)n1c(-c2cc(Cl)ccc2OC)ccc(N)c1=O. The Morgan fingerprint density at radius 2 is 2.05 bits per heavy atom. The zero-order chi connectivity index (χ0) is 15.6. The van der Waals surface area contributed by atoms with Crippen molar-refractivity contribution in [1.82, 2.24) is 4.57 Å². The average Bonchev–Trinajstić information content (AvgIpc) is 2.49. The van der Waals surface area contributed by atoms with Crippen LogP contribution < -0.4 is 16.0 Å². The number of rotatable bonds is 4. The van der Waals surface area contributed by atoms with Gasteiger partial charge in [0.15, 0.2) is 0 Å². The van der Waals surface area contributed by atoms with Gasteiger partial charge < -0.3 is 15.0 Å². The van der Waals surface area contributed by atoms with Crippen LogP contribution in [-0.2, 0) is 0 Å². The molecule has 0 aliphatic carbocycles. The highest BCUT2D eigenvalue weighted by Crippen LogP contribution is 2.33. The first-order chi connectivity index (χ1) is 9.99. The highest BCUT2D eigenvalue weighted by atomic mass is 35.5. The average molecular weight is 307 g/mol. The van der Waals surface area contributed by atoms with Crippen LogP contribution >= 0.6 is 11.6 Å². The van der Waals surface area contributed by atoms with Crippen LogP contribution in [0.1, 0.15) is 26.3 Å². The minimum Gasteiger partial charge on any atom is -0.496 e. The van der Waals surface area contributed by atoms with Crippen molar-refractivity contribution in [2.75, 3.05) is 12.8 Å². The summed E-state index contributed by atoms with van der Waals surface area (Å²) in [5.41, 5.74) is 7.35. The molecule has 1 heterocycles. The highest BCUT2D eigenvalue weighted by molar-refractivity contribution is 6.30. The third kappa shape index (κ3) is 2.90. The Morgan fingerprint density at radius 3 is 2.67 bits per heavy atom. The molecule has 0 amide bonds. The molecular formula is C16H19ClN2O2. The minimum absolute atomic E-state index is 0.0275. The van der Waals surface area contributed by atoms with Crippen LogP contribution in [0.5, 0.6) is 5.75 Å². The number of methoxy groups -OCH3 is 1. The maximum atomic E-state index is 12.4. The number of hydrogen-bond acceptors (Lipinski definition) is 3. The van der Waals surface area contributed by atoms with E-state index in [4.69, 9.17) is 22.1 Å². The number of anilines is 1. The molecule has 0 saturated heterocycles. The molecule has 0 aliphatic heterocycles. The van der Waals surface area contributed by atoms with Gasteiger partial charge in [0.1, 0.15) is 5.75 Å². The maximum absolute atomic E-state index is 12.4.